The van der Waals surface area contributed by atoms with Gasteiger partial charge in [-0.2, -0.15) is 0 Å². The summed E-state index contributed by atoms with van der Waals surface area (Å²) in [6.45, 7) is 0. The summed E-state index contributed by atoms with van der Waals surface area (Å²) in [5.74, 6) is 0. The molecule has 0 amide bonds. The van der Waals surface area contributed by atoms with Crippen LogP contribution in [0.25, 0.3) is 87.3 Å². The standard InChI is InChI=1S/C42H26N2/c1-3-14-29-28(12-1)23-24-33-31(29)18-10-22-38(33)44-37-19-7-5-16-32(37)34-25-26-40-41(42(34)44)35-17-6-8-20-39(35)43(40)36-21-9-13-27-11-2-4-15-30(27)36/h1-26H. The number of hydrogen-bond acceptors (Lipinski definition) is 0. The van der Waals surface area contributed by atoms with Crippen LogP contribution in [0.3, 0.4) is 0 Å². The number of para-hydroxylation sites is 2. The molecule has 204 valence electrons. The second-order valence-corrected chi connectivity index (χ2v) is 11.7. The number of hydrogen-bond donors (Lipinski definition) is 0. The van der Waals surface area contributed by atoms with Crippen LogP contribution in [0, 0.1) is 0 Å². The van der Waals surface area contributed by atoms with Gasteiger partial charge in [0.15, 0.2) is 0 Å². The maximum Gasteiger partial charge on any atom is 0.0641 e. The van der Waals surface area contributed by atoms with Crippen molar-refractivity contribution in [3.8, 4) is 11.4 Å². The zero-order valence-corrected chi connectivity index (χ0v) is 23.9. The molecule has 0 saturated heterocycles. The van der Waals surface area contributed by atoms with Crippen molar-refractivity contribution in [1.82, 2.24) is 9.13 Å². The van der Waals surface area contributed by atoms with Gasteiger partial charge in [-0.3, -0.25) is 0 Å². The lowest BCUT2D eigenvalue weighted by Crippen LogP contribution is -1.97. The third kappa shape index (κ3) is 3.09. The summed E-state index contributed by atoms with van der Waals surface area (Å²) in [4.78, 5) is 0. The molecule has 0 aliphatic rings. The van der Waals surface area contributed by atoms with Crippen LogP contribution in [-0.2, 0) is 0 Å². The van der Waals surface area contributed by atoms with Gasteiger partial charge in [0, 0.05) is 32.3 Å². The molecule has 0 unspecified atom stereocenters. The molecule has 8 aromatic carbocycles. The first kappa shape index (κ1) is 23.7. The van der Waals surface area contributed by atoms with Crippen molar-refractivity contribution in [3.63, 3.8) is 0 Å². The van der Waals surface area contributed by atoms with Gasteiger partial charge >= 0.3 is 0 Å². The molecule has 0 aliphatic heterocycles. The van der Waals surface area contributed by atoms with Crippen molar-refractivity contribution < 1.29 is 0 Å². The van der Waals surface area contributed by atoms with E-state index in [1.807, 2.05) is 0 Å². The van der Waals surface area contributed by atoms with E-state index in [-0.39, 0.29) is 0 Å². The Morgan fingerprint density at radius 3 is 1.64 bits per heavy atom. The van der Waals surface area contributed by atoms with E-state index in [4.69, 9.17) is 0 Å². The molecule has 0 spiro atoms. The molecule has 0 bridgehead atoms. The van der Waals surface area contributed by atoms with Crippen LogP contribution in [-0.4, -0.2) is 9.13 Å². The van der Waals surface area contributed by atoms with Gasteiger partial charge in [-0.15, -0.1) is 0 Å². The van der Waals surface area contributed by atoms with Crippen LogP contribution >= 0.6 is 0 Å². The molecule has 44 heavy (non-hydrogen) atoms. The molecule has 0 saturated carbocycles. The molecule has 2 aromatic heterocycles. The first-order chi connectivity index (χ1) is 21.9. The van der Waals surface area contributed by atoms with Crippen molar-refractivity contribution in [2.45, 2.75) is 0 Å². The van der Waals surface area contributed by atoms with E-state index < -0.39 is 0 Å². The Balaban J connectivity index is 1.43. The lowest BCUT2D eigenvalue weighted by molar-refractivity contribution is 1.19. The highest BCUT2D eigenvalue weighted by Gasteiger charge is 2.22. The van der Waals surface area contributed by atoms with Gasteiger partial charge in [0.25, 0.3) is 0 Å². The molecular formula is C42H26N2. The van der Waals surface area contributed by atoms with Crippen LogP contribution in [0.1, 0.15) is 0 Å². The SMILES string of the molecule is c1ccc2c(-n3c4ccccc4c4c3ccc3c5ccccc5n(-c5cccc6c5ccc5ccccc56)c34)cccc2c1. The Bertz CT molecular complexity index is 2770. The predicted octanol–water partition coefficient (Wildman–Crippen LogP) is 11.3. The number of fused-ring (bicyclic) bond motifs is 11. The summed E-state index contributed by atoms with van der Waals surface area (Å²) in [5, 5.41) is 12.6. The van der Waals surface area contributed by atoms with Crippen LogP contribution in [0.15, 0.2) is 158 Å². The third-order valence-corrected chi connectivity index (χ3v) is 9.48. The van der Waals surface area contributed by atoms with Crippen LogP contribution in [0.2, 0.25) is 0 Å². The Morgan fingerprint density at radius 1 is 0.273 bits per heavy atom. The zero-order chi connectivity index (χ0) is 28.8. The highest BCUT2D eigenvalue weighted by Crippen LogP contribution is 2.43. The van der Waals surface area contributed by atoms with E-state index in [0.29, 0.717) is 0 Å². The fourth-order valence-corrected chi connectivity index (χ4v) is 7.64. The fraction of sp³-hybridized carbons (Fsp3) is 0. The van der Waals surface area contributed by atoms with Gasteiger partial charge in [-0.25, -0.2) is 0 Å². The topological polar surface area (TPSA) is 9.86 Å². The minimum absolute atomic E-state index is 1.20. The van der Waals surface area contributed by atoms with E-state index >= 15 is 0 Å². The average Bonchev–Trinajstić information content (AvgIpc) is 3.60. The summed E-state index contributed by atoms with van der Waals surface area (Å²) >= 11 is 0. The maximum atomic E-state index is 2.52. The lowest BCUT2D eigenvalue weighted by Gasteiger charge is -2.14. The summed E-state index contributed by atoms with van der Waals surface area (Å²) in [7, 11) is 0. The molecule has 10 rings (SSSR count). The Labute approximate surface area is 253 Å². The van der Waals surface area contributed by atoms with Gasteiger partial charge < -0.3 is 9.13 Å². The Kier molecular flexibility index (Phi) is 4.75. The van der Waals surface area contributed by atoms with E-state index in [9.17, 15) is 0 Å². The van der Waals surface area contributed by atoms with Crippen LogP contribution in [0.5, 0.6) is 0 Å². The normalized spacial score (nSPS) is 12.1. The van der Waals surface area contributed by atoms with Crippen LogP contribution < -0.4 is 0 Å². The Hall–Kier alpha value is -5.86. The zero-order valence-electron chi connectivity index (χ0n) is 23.9. The number of aromatic nitrogens is 2. The summed E-state index contributed by atoms with van der Waals surface area (Å²) < 4.78 is 4.98. The molecule has 2 heteroatoms. The molecule has 0 N–H and O–H groups in total. The van der Waals surface area contributed by atoms with E-state index in [0.717, 1.165) is 0 Å². The number of rotatable bonds is 2. The van der Waals surface area contributed by atoms with Crippen molar-refractivity contribution >= 4 is 75.9 Å². The van der Waals surface area contributed by atoms with Gasteiger partial charge in [-0.05, 0) is 51.9 Å². The van der Waals surface area contributed by atoms with Crippen molar-refractivity contribution in [1.29, 1.82) is 0 Å². The molecular weight excluding hydrogens is 532 g/mol. The lowest BCUT2D eigenvalue weighted by atomic mass is 10.0. The summed E-state index contributed by atoms with van der Waals surface area (Å²) in [5.41, 5.74) is 7.30. The van der Waals surface area contributed by atoms with Gasteiger partial charge in [-0.1, -0.05) is 127 Å². The molecule has 10 aromatic rings. The van der Waals surface area contributed by atoms with Gasteiger partial charge in [0.2, 0.25) is 0 Å². The van der Waals surface area contributed by atoms with E-state index in [1.165, 1.54) is 87.3 Å². The van der Waals surface area contributed by atoms with Gasteiger partial charge in [0.1, 0.15) is 0 Å². The van der Waals surface area contributed by atoms with Crippen molar-refractivity contribution in [3.05, 3.63) is 158 Å². The summed E-state index contributed by atoms with van der Waals surface area (Å²) in [6, 6.07) is 57.7. The van der Waals surface area contributed by atoms with Crippen LogP contribution in [0.4, 0.5) is 0 Å². The van der Waals surface area contributed by atoms with Crippen molar-refractivity contribution in [2.75, 3.05) is 0 Å². The molecule has 0 aliphatic carbocycles. The maximum absolute atomic E-state index is 2.52. The first-order valence-corrected chi connectivity index (χ1v) is 15.2. The molecule has 2 nitrogen and oxygen atoms in total. The highest BCUT2D eigenvalue weighted by molar-refractivity contribution is 6.27. The Morgan fingerprint density at radius 2 is 0.818 bits per heavy atom. The number of benzene rings is 8. The molecule has 0 atom stereocenters. The summed E-state index contributed by atoms with van der Waals surface area (Å²) in [6.07, 6.45) is 0. The number of nitrogens with zero attached hydrogens (tertiary/aromatic N) is 2. The third-order valence-electron chi connectivity index (χ3n) is 9.48. The molecule has 2 heterocycles. The fourth-order valence-electron chi connectivity index (χ4n) is 7.64. The molecule has 0 fully saturated rings. The molecule has 0 radical (unpaired) electrons. The highest BCUT2D eigenvalue weighted by atomic mass is 15.0. The first-order valence-electron chi connectivity index (χ1n) is 15.2. The van der Waals surface area contributed by atoms with E-state index in [1.54, 1.807) is 0 Å². The average molecular weight is 559 g/mol. The predicted molar refractivity (Wildman–Crippen MR) is 188 cm³/mol. The largest absolute Gasteiger partial charge is 0.309 e. The second-order valence-electron chi connectivity index (χ2n) is 11.7. The second kappa shape index (κ2) is 8.82. The smallest absolute Gasteiger partial charge is 0.0641 e. The van der Waals surface area contributed by atoms with Crippen molar-refractivity contribution in [2.24, 2.45) is 0 Å². The van der Waals surface area contributed by atoms with Gasteiger partial charge in [0.05, 0.1) is 33.4 Å². The minimum atomic E-state index is 1.20. The quantitative estimate of drug-likeness (QED) is 0.187. The monoisotopic (exact) mass is 558 g/mol. The van der Waals surface area contributed by atoms with E-state index in [2.05, 4.69) is 167 Å². The minimum Gasteiger partial charge on any atom is -0.309 e.